The highest BCUT2D eigenvalue weighted by Crippen LogP contribution is 2.10. The lowest BCUT2D eigenvalue weighted by atomic mass is 10.0. The van der Waals surface area contributed by atoms with Gasteiger partial charge in [-0.15, -0.1) is 0 Å². The third kappa shape index (κ3) is 2.80. The first kappa shape index (κ1) is 9.40. The predicted octanol–water partition coefficient (Wildman–Crippen LogP) is 2.09. The summed E-state index contributed by atoms with van der Waals surface area (Å²) < 4.78 is 0. The third-order valence-corrected chi connectivity index (χ3v) is 1.62. The second kappa shape index (κ2) is 4.25. The van der Waals surface area contributed by atoms with Crippen molar-refractivity contribution in [2.75, 3.05) is 0 Å². The van der Waals surface area contributed by atoms with Gasteiger partial charge >= 0.3 is 0 Å². The molecule has 0 aromatic heterocycles. The molecule has 0 fully saturated rings. The maximum Gasteiger partial charge on any atom is 0.215 e. The molecule has 0 bridgehead atoms. The molecule has 0 aromatic carbocycles. The zero-order valence-corrected chi connectivity index (χ0v) is 6.83. The molecule has 0 radical (unpaired) electrons. The standard InChI is InChI=1S/C7H15NO2/c1-4-5-7(6(2)3)8(9)10/h6-7H,4-5H2,1-3H3. The van der Waals surface area contributed by atoms with Gasteiger partial charge in [-0.25, -0.2) is 0 Å². The van der Waals surface area contributed by atoms with E-state index in [4.69, 9.17) is 0 Å². The molecule has 3 heteroatoms. The van der Waals surface area contributed by atoms with Gasteiger partial charge < -0.3 is 0 Å². The lowest BCUT2D eigenvalue weighted by molar-refractivity contribution is -0.531. The topological polar surface area (TPSA) is 43.1 Å². The average molecular weight is 145 g/mol. The van der Waals surface area contributed by atoms with Gasteiger partial charge in [-0.05, 0) is 6.42 Å². The molecule has 0 heterocycles. The van der Waals surface area contributed by atoms with Crippen LogP contribution in [0.1, 0.15) is 33.6 Å². The summed E-state index contributed by atoms with van der Waals surface area (Å²) in [4.78, 5) is 10.2. The van der Waals surface area contributed by atoms with Gasteiger partial charge in [0.05, 0.1) is 0 Å². The average Bonchev–Trinajstić information content (AvgIpc) is 1.81. The maximum absolute atomic E-state index is 10.3. The fraction of sp³-hybridized carbons (Fsp3) is 1.00. The van der Waals surface area contributed by atoms with E-state index < -0.39 is 0 Å². The normalized spacial score (nSPS) is 13.6. The number of rotatable bonds is 4. The van der Waals surface area contributed by atoms with Gasteiger partial charge in [0.2, 0.25) is 6.04 Å². The molecule has 0 saturated carbocycles. The Kier molecular flexibility index (Phi) is 4.00. The van der Waals surface area contributed by atoms with Gasteiger partial charge in [-0.1, -0.05) is 20.8 Å². The van der Waals surface area contributed by atoms with Crippen LogP contribution in [0, 0.1) is 16.0 Å². The Balaban J connectivity index is 3.85. The fourth-order valence-electron chi connectivity index (χ4n) is 0.978. The zero-order valence-electron chi connectivity index (χ0n) is 6.83. The Hall–Kier alpha value is -0.600. The van der Waals surface area contributed by atoms with Gasteiger partial charge in [0.25, 0.3) is 0 Å². The van der Waals surface area contributed by atoms with E-state index in [0.29, 0.717) is 6.42 Å². The van der Waals surface area contributed by atoms with Crippen LogP contribution in [-0.2, 0) is 0 Å². The van der Waals surface area contributed by atoms with Crippen molar-refractivity contribution in [3.05, 3.63) is 10.1 Å². The Morgan fingerprint density at radius 1 is 1.50 bits per heavy atom. The maximum atomic E-state index is 10.3. The van der Waals surface area contributed by atoms with Crippen molar-refractivity contribution >= 4 is 0 Å². The lowest BCUT2D eigenvalue weighted by Gasteiger charge is -2.10. The van der Waals surface area contributed by atoms with Crippen molar-refractivity contribution in [3.63, 3.8) is 0 Å². The van der Waals surface area contributed by atoms with Crippen LogP contribution in [0.5, 0.6) is 0 Å². The van der Waals surface area contributed by atoms with Gasteiger partial charge in [0, 0.05) is 17.3 Å². The Morgan fingerprint density at radius 3 is 2.10 bits per heavy atom. The van der Waals surface area contributed by atoms with Crippen LogP contribution < -0.4 is 0 Å². The molecule has 0 N–H and O–H groups in total. The van der Waals surface area contributed by atoms with Crippen LogP contribution in [0.4, 0.5) is 0 Å². The summed E-state index contributed by atoms with van der Waals surface area (Å²) >= 11 is 0. The second-order valence-corrected chi connectivity index (χ2v) is 2.89. The fourth-order valence-corrected chi connectivity index (χ4v) is 0.978. The molecule has 0 saturated heterocycles. The summed E-state index contributed by atoms with van der Waals surface area (Å²) in [6.45, 7) is 5.76. The van der Waals surface area contributed by atoms with Crippen molar-refractivity contribution in [1.82, 2.24) is 0 Å². The van der Waals surface area contributed by atoms with Gasteiger partial charge in [-0.3, -0.25) is 10.1 Å². The van der Waals surface area contributed by atoms with Crippen LogP contribution in [0.3, 0.4) is 0 Å². The van der Waals surface area contributed by atoms with E-state index in [1.165, 1.54) is 0 Å². The molecule has 0 aromatic rings. The zero-order chi connectivity index (χ0) is 8.15. The van der Waals surface area contributed by atoms with E-state index in [-0.39, 0.29) is 16.9 Å². The number of nitro groups is 1. The summed E-state index contributed by atoms with van der Waals surface area (Å²) in [6, 6.07) is -0.343. The Labute approximate surface area is 61.6 Å². The molecule has 0 aliphatic carbocycles. The molecule has 0 amide bonds. The summed E-state index contributed by atoms with van der Waals surface area (Å²) in [7, 11) is 0. The van der Waals surface area contributed by atoms with Gasteiger partial charge in [0.15, 0.2) is 0 Å². The highest BCUT2D eigenvalue weighted by Gasteiger charge is 2.22. The Morgan fingerprint density at radius 2 is 2.00 bits per heavy atom. The van der Waals surface area contributed by atoms with Crippen molar-refractivity contribution < 1.29 is 4.92 Å². The molecule has 0 aliphatic heterocycles. The molecule has 10 heavy (non-hydrogen) atoms. The summed E-state index contributed by atoms with van der Waals surface area (Å²) in [5, 5.41) is 10.3. The third-order valence-electron chi connectivity index (χ3n) is 1.62. The monoisotopic (exact) mass is 145 g/mol. The van der Waals surface area contributed by atoms with Crippen molar-refractivity contribution in [1.29, 1.82) is 0 Å². The molecule has 1 atom stereocenters. The SMILES string of the molecule is CCCC(C(C)C)[N+](=O)[O-]. The smallest absolute Gasteiger partial charge is 0.215 e. The van der Waals surface area contributed by atoms with E-state index >= 15 is 0 Å². The van der Waals surface area contributed by atoms with E-state index in [1.807, 2.05) is 20.8 Å². The lowest BCUT2D eigenvalue weighted by Crippen LogP contribution is -2.25. The molecule has 0 aliphatic rings. The number of hydrogen-bond donors (Lipinski definition) is 0. The minimum Gasteiger partial charge on any atom is -0.264 e. The van der Waals surface area contributed by atoms with E-state index in [2.05, 4.69) is 0 Å². The van der Waals surface area contributed by atoms with Crippen molar-refractivity contribution in [3.8, 4) is 0 Å². The first-order valence-corrected chi connectivity index (χ1v) is 3.73. The first-order valence-electron chi connectivity index (χ1n) is 3.73. The molecule has 1 unspecified atom stereocenters. The molecule has 3 nitrogen and oxygen atoms in total. The van der Waals surface area contributed by atoms with Crippen LogP contribution >= 0.6 is 0 Å². The predicted molar refractivity (Wildman–Crippen MR) is 40.5 cm³/mol. The second-order valence-electron chi connectivity index (χ2n) is 2.89. The van der Waals surface area contributed by atoms with Crippen LogP contribution in [-0.4, -0.2) is 11.0 Å². The Bertz CT molecular complexity index is 112. The van der Waals surface area contributed by atoms with Crippen molar-refractivity contribution in [2.45, 2.75) is 39.7 Å². The van der Waals surface area contributed by atoms with E-state index in [9.17, 15) is 10.1 Å². The van der Waals surface area contributed by atoms with Crippen LogP contribution in [0.25, 0.3) is 0 Å². The minimum atomic E-state index is -0.343. The quantitative estimate of drug-likeness (QED) is 0.449. The molecule has 0 rings (SSSR count). The van der Waals surface area contributed by atoms with Crippen molar-refractivity contribution in [2.24, 2.45) is 5.92 Å². The van der Waals surface area contributed by atoms with E-state index in [1.54, 1.807) is 0 Å². The highest BCUT2D eigenvalue weighted by atomic mass is 16.6. The highest BCUT2D eigenvalue weighted by molar-refractivity contribution is 4.59. The minimum absolute atomic E-state index is 0.162. The number of hydrogen-bond acceptors (Lipinski definition) is 2. The largest absolute Gasteiger partial charge is 0.264 e. The molecule has 60 valence electrons. The summed E-state index contributed by atoms with van der Waals surface area (Å²) in [5.74, 6) is 0.162. The van der Waals surface area contributed by atoms with Crippen LogP contribution in [0.2, 0.25) is 0 Å². The molecular formula is C7H15NO2. The molecular weight excluding hydrogens is 130 g/mol. The van der Waals surface area contributed by atoms with Crippen LogP contribution in [0.15, 0.2) is 0 Å². The van der Waals surface area contributed by atoms with Gasteiger partial charge in [-0.2, -0.15) is 0 Å². The summed E-state index contributed by atoms with van der Waals surface area (Å²) in [5.41, 5.74) is 0. The van der Waals surface area contributed by atoms with E-state index in [0.717, 1.165) is 6.42 Å². The van der Waals surface area contributed by atoms with Gasteiger partial charge in [0.1, 0.15) is 0 Å². The summed E-state index contributed by atoms with van der Waals surface area (Å²) in [6.07, 6.45) is 1.59. The first-order chi connectivity index (χ1) is 4.59. The molecule has 0 spiro atoms. The number of nitrogens with zero attached hydrogens (tertiary/aromatic N) is 1.